The van der Waals surface area contributed by atoms with Crippen LogP contribution in [0.5, 0.6) is 0 Å². The molecule has 3 rings (SSSR count). The van der Waals surface area contributed by atoms with Gasteiger partial charge < -0.3 is 15.1 Å². The zero-order valence-electron chi connectivity index (χ0n) is 11.2. The van der Waals surface area contributed by atoms with Crippen LogP contribution in [-0.2, 0) is 11.3 Å². The number of oxazole rings is 1. The Hall–Kier alpha value is -1.66. The molecule has 1 unspecified atom stereocenters. The maximum Gasteiger partial charge on any atom is 0.236 e. The predicted molar refractivity (Wildman–Crippen MR) is 76.1 cm³/mol. The fourth-order valence-corrected chi connectivity index (χ4v) is 3.37. The largest absolute Gasteiger partial charge is 0.443 e. The summed E-state index contributed by atoms with van der Waals surface area (Å²) in [6, 6.07) is 3.98. The second-order valence-corrected chi connectivity index (χ2v) is 6.19. The number of aromatic nitrogens is 1. The lowest BCUT2D eigenvalue weighted by atomic mass is 9.97. The van der Waals surface area contributed by atoms with Crippen molar-refractivity contribution in [3.8, 4) is 10.8 Å². The number of piperidine rings is 1. The van der Waals surface area contributed by atoms with Crippen molar-refractivity contribution in [3.05, 3.63) is 29.5 Å². The quantitative estimate of drug-likeness (QED) is 0.870. The molecule has 3 heterocycles. The highest BCUT2D eigenvalue weighted by molar-refractivity contribution is 7.13. The molecule has 2 aromatic heterocycles. The van der Waals surface area contributed by atoms with Crippen molar-refractivity contribution in [1.82, 2.24) is 4.98 Å². The molecule has 20 heavy (non-hydrogen) atoms. The number of nitrogens with zero attached hydrogens (tertiary/aromatic N) is 1. The summed E-state index contributed by atoms with van der Waals surface area (Å²) in [5.41, 5.74) is 6.34. The van der Waals surface area contributed by atoms with Gasteiger partial charge >= 0.3 is 0 Å². The first kappa shape index (κ1) is 13.3. The van der Waals surface area contributed by atoms with E-state index in [9.17, 15) is 4.79 Å². The van der Waals surface area contributed by atoms with E-state index in [0.29, 0.717) is 5.89 Å². The number of likely N-dealkylation sites (tertiary alicyclic amines) is 1. The van der Waals surface area contributed by atoms with Crippen LogP contribution >= 0.6 is 11.3 Å². The topological polar surface area (TPSA) is 73.6 Å². The normalized spacial score (nSPS) is 22.8. The van der Waals surface area contributed by atoms with Gasteiger partial charge in [0.2, 0.25) is 11.8 Å². The number of nitrogens with one attached hydrogen (secondary N) is 1. The number of carbonyl (C=O) groups excluding carboxylic acids is 1. The van der Waals surface area contributed by atoms with Crippen LogP contribution in [0.25, 0.3) is 10.8 Å². The van der Waals surface area contributed by atoms with Crippen molar-refractivity contribution in [1.29, 1.82) is 0 Å². The average Bonchev–Trinajstić information content (AvgIpc) is 3.09. The van der Waals surface area contributed by atoms with Gasteiger partial charge in [0.05, 0.1) is 23.9 Å². The molecule has 0 aromatic carbocycles. The summed E-state index contributed by atoms with van der Waals surface area (Å²) in [5, 5.41) is 2.01. The summed E-state index contributed by atoms with van der Waals surface area (Å²) in [6.45, 7) is 2.65. The lowest BCUT2D eigenvalue weighted by molar-refractivity contribution is -0.921. The summed E-state index contributed by atoms with van der Waals surface area (Å²) in [5.74, 6) is 0.502. The lowest BCUT2D eigenvalue weighted by Crippen LogP contribution is -3.12. The summed E-state index contributed by atoms with van der Waals surface area (Å²) in [7, 11) is 0. The fourth-order valence-electron chi connectivity index (χ4n) is 2.71. The summed E-state index contributed by atoms with van der Waals surface area (Å²) < 4.78 is 5.52. The smallest absolute Gasteiger partial charge is 0.236 e. The Morgan fingerprint density at radius 2 is 2.50 bits per heavy atom. The molecular weight excluding hydrogens is 274 g/mol. The molecule has 5 nitrogen and oxygen atoms in total. The van der Waals surface area contributed by atoms with Gasteiger partial charge in [0, 0.05) is 0 Å². The van der Waals surface area contributed by atoms with Gasteiger partial charge in [0.1, 0.15) is 18.5 Å². The van der Waals surface area contributed by atoms with Crippen LogP contribution < -0.4 is 10.6 Å². The fraction of sp³-hybridized carbons (Fsp3) is 0.429. The van der Waals surface area contributed by atoms with Crippen LogP contribution in [0.15, 0.2) is 28.2 Å². The van der Waals surface area contributed by atoms with Crippen LogP contribution in [0.2, 0.25) is 0 Å². The standard InChI is InChI=1S/C14H17N3O2S/c15-13(18)10-3-1-5-17(7-10)8-11-9-19-14(16-11)12-4-2-6-20-12/h2,4,6,9-10H,1,3,5,7-8H2,(H2,15,18)/p+1/t10-/m0/s1. The molecular formula is C14H18N3O2S+. The van der Waals surface area contributed by atoms with E-state index in [0.717, 1.165) is 43.0 Å². The molecule has 1 aliphatic heterocycles. The van der Waals surface area contributed by atoms with E-state index in [-0.39, 0.29) is 11.8 Å². The monoisotopic (exact) mass is 292 g/mol. The molecule has 6 heteroatoms. The summed E-state index contributed by atoms with van der Waals surface area (Å²) in [6.07, 6.45) is 3.67. The van der Waals surface area contributed by atoms with E-state index in [1.807, 2.05) is 17.5 Å². The zero-order valence-corrected chi connectivity index (χ0v) is 12.0. The molecule has 0 saturated carbocycles. The van der Waals surface area contributed by atoms with E-state index in [2.05, 4.69) is 4.98 Å². The number of amides is 1. The molecule has 106 valence electrons. The Kier molecular flexibility index (Phi) is 3.84. The molecule has 0 aliphatic carbocycles. The first-order chi connectivity index (χ1) is 9.72. The second-order valence-electron chi connectivity index (χ2n) is 5.24. The van der Waals surface area contributed by atoms with Crippen molar-refractivity contribution in [3.63, 3.8) is 0 Å². The van der Waals surface area contributed by atoms with E-state index >= 15 is 0 Å². The Labute approximate surface area is 121 Å². The van der Waals surface area contributed by atoms with E-state index < -0.39 is 0 Å². The summed E-state index contributed by atoms with van der Waals surface area (Å²) >= 11 is 1.62. The van der Waals surface area contributed by atoms with Gasteiger partial charge in [-0.1, -0.05) is 6.07 Å². The molecule has 1 aliphatic rings. The average molecular weight is 292 g/mol. The highest BCUT2D eigenvalue weighted by Gasteiger charge is 2.27. The highest BCUT2D eigenvalue weighted by Crippen LogP contribution is 2.23. The number of rotatable bonds is 4. The minimum atomic E-state index is -0.179. The molecule has 0 spiro atoms. The van der Waals surface area contributed by atoms with Gasteiger partial charge in [0.25, 0.3) is 0 Å². The first-order valence-electron chi connectivity index (χ1n) is 6.83. The Balaban J connectivity index is 1.64. The number of carbonyl (C=O) groups is 1. The maximum atomic E-state index is 11.3. The van der Waals surface area contributed by atoms with Gasteiger partial charge in [-0.3, -0.25) is 4.79 Å². The van der Waals surface area contributed by atoms with E-state index in [1.165, 1.54) is 4.90 Å². The Morgan fingerprint density at radius 3 is 3.25 bits per heavy atom. The van der Waals surface area contributed by atoms with Gasteiger partial charge in [-0.25, -0.2) is 4.98 Å². The second kappa shape index (κ2) is 5.76. The first-order valence-corrected chi connectivity index (χ1v) is 7.71. The van der Waals surface area contributed by atoms with Crippen molar-refractivity contribution in [2.24, 2.45) is 11.7 Å². The molecule has 0 bridgehead atoms. The lowest BCUT2D eigenvalue weighted by Gasteiger charge is -2.27. The molecule has 0 radical (unpaired) electrons. The Morgan fingerprint density at radius 1 is 1.60 bits per heavy atom. The molecule has 2 aromatic rings. The number of thiophene rings is 1. The third kappa shape index (κ3) is 2.91. The van der Waals surface area contributed by atoms with Gasteiger partial charge in [-0.2, -0.15) is 0 Å². The van der Waals surface area contributed by atoms with Crippen molar-refractivity contribution >= 4 is 17.2 Å². The zero-order chi connectivity index (χ0) is 13.9. The molecule has 1 fully saturated rings. The van der Waals surface area contributed by atoms with E-state index in [1.54, 1.807) is 17.6 Å². The van der Waals surface area contributed by atoms with E-state index in [4.69, 9.17) is 10.2 Å². The predicted octanol–water partition coefficient (Wildman–Crippen LogP) is 0.683. The van der Waals surface area contributed by atoms with Crippen LogP contribution in [-0.4, -0.2) is 24.0 Å². The number of hydrogen-bond donors (Lipinski definition) is 2. The van der Waals surface area contributed by atoms with Crippen LogP contribution in [0.4, 0.5) is 0 Å². The van der Waals surface area contributed by atoms with Gasteiger partial charge in [-0.05, 0) is 24.3 Å². The minimum absolute atomic E-state index is 0.00224. The number of primary amides is 1. The molecule has 3 N–H and O–H groups in total. The van der Waals surface area contributed by atoms with Crippen molar-refractivity contribution in [2.45, 2.75) is 19.4 Å². The van der Waals surface area contributed by atoms with Crippen molar-refractivity contribution < 1.29 is 14.1 Å². The highest BCUT2D eigenvalue weighted by atomic mass is 32.1. The van der Waals surface area contributed by atoms with Crippen LogP contribution in [0, 0.1) is 5.92 Å². The van der Waals surface area contributed by atoms with Crippen LogP contribution in [0.1, 0.15) is 18.5 Å². The van der Waals surface area contributed by atoms with Crippen LogP contribution in [0.3, 0.4) is 0 Å². The summed E-state index contributed by atoms with van der Waals surface area (Å²) in [4.78, 5) is 18.2. The minimum Gasteiger partial charge on any atom is -0.443 e. The number of quaternary nitrogens is 1. The maximum absolute atomic E-state index is 11.3. The van der Waals surface area contributed by atoms with Crippen molar-refractivity contribution in [2.75, 3.05) is 13.1 Å². The molecule has 1 amide bonds. The molecule has 1 saturated heterocycles. The van der Waals surface area contributed by atoms with Gasteiger partial charge in [0.15, 0.2) is 0 Å². The third-order valence-corrected chi connectivity index (χ3v) is 4.59. The number of hydrogen-bond acceptors (Lipinski definition) is 4. The van der Waals surface area contributed by atoms with Gasteiger partial charge in [-0.15, -0.1) is 11.3 Å². The Bertz CT molecular complexity index is 579. The number of nitrogens with two attached hydrogens (primary N) is 1. The SMILES string of the molecule is NC(=O)[C@H]1CCC[NH+](Cc2coc(-c3cccs3)n2)C1. The third-order valence-electron chi connectivity index (χ3n) is 3.74. The molecule has 2 atom stereocenters.